The van der Waals surface area contributed by atoms with Gasteiger partial charge in [0.2, 0.25) is 0 Å². The lowest BCUT2D eigenvalue weighted by Crippen LogP contribution is -2.04. The number of rotatable bonds is 15. The van der Waals surface area contributed by atoms with Crippen LogP contribution in [0.15, 0.2) is 129 Å². The summed E-state index contributed by atoms with van der Waals surface area (Å²) < 4.78 is 33.5. The molecule has 0 aliphatic heterocycles. The standard InChI is InChI=1S/C19H17S.C18H30O3S/c1-16-12-14-19(15-13-16)20(17-8-4-2-5-9-17)18-10-6-3-7-11-18;1-2-3-4-5-6-7-8-9-10-11-14-17-15-12-13-16-18(17)22(19,20)21/h2-15H,1H3;12-13,15-16H,2-11,14H2,1H3,(H,19,20,21)/q+1;/p-1. The minimum absolute atomic E-state index is 0.0229. The summed E-state index contributed by atoms with van der Waals surface area (Å²) in [6.07, 6.45) is 13.2. The van der Waals surface area contributed by atoms with Gasteiger partial charge in [-0.15, -0.1) is 0 Å². The third kappa shape index (κ3) is 11.8. The minimum Gasteiger partial charge on any atom is -0.744 e. The maximum Gasteiger partial charge on any atom is 0.166 e. The van der Waals surface area contributed by atoms with Crippen LogP contribution in [0.2, 0.25) is 0 Å². The molecule has 0 heterocycles. The maximum atomic E-state index is 11.2. The van der Waals surface area contributed by atoms with E-state index in [0.717, 1.165) is 12.8 Å². The molecule has 4 rings (SSSR count). The Morgan fingerprint density at radius 2 is 0.976 bits per heavy atom. The van der Waals surface area contributed by atoms with Gasteiger partial charge in [0.25, 0.3) is 0 Å². The van der Waals surface area contributed by atoms with Gasteiger partial charge in [-0.2, -0.15) is 0 Å². The molecule has 0 N–H and O–H groups in total. The molecule has 0 aromatic heterocycles. The van der Waals surface area contributed by atoms with E-state index in [2.05, 4.69) is 98.8 Å². The van der Waals surface area contributed by atoms with Crippen LogP contribution in [-0.4, -0.2) is 13.0 Å². The van der Waals surface area contributed by atoms with Crippen LogP contribution in [0.1, 0.15) is 82.3 Å². The lowest BCUT2D eigenvalue weighted by molar-refractivity contribution is 0.461. The lowest BCUT2D eigenvalue weighted by atomic mass is 10.0. The Balaban J connectivity index is 0.000000231. The van der Waals surface area contributed by atoms with Crippen LogP contribution in [0.5, 0.6) is 0 Å². The third-order valence-electron chi connectivity index (χ3n) is 7.26. The van der Waals surface area contributed by atoms with Gasteiger partial charge in [0.15, 0.2) is 14.7 Å². The highest BCUT2D eigenvalue weighted by atomic mass is 32.2. The number of hydrogen-bond acceptors (Lipinski definition) is 3. The molecule has 3 nitrogen and oxygen atoms in total. The summed E-state index contributed by atoms with van der Waals surface area (Å²) in [5.41, 5.74) is 1.97. The van der Waals surface area contributed by atoms with E-state index in [1.54, 1.807) is 18.2 Å². The first-order valence-corrected chi connectivity index (χ1v) is 18.0. The fourth-order valence-corrected chi connectivity index (χ4v) is 7.77. The SMILES string of the molecule is CCCCCCCCCCCCc1ccccc1S(=O)(=O)[O-].Cc1ccc([S+](c2ccccc2)c2ccccc2)cc1. The van der Waals surface area contributed by atoms with Gasteiger partial charge < -0.3 is 4.55 Å². The van der Waals surface area contributed by atoms with E-state index in [9.17, 15) is 13.0 Å². The van der Waals surface area contributed by atoms with Crippen LogP contribution >= 0.6 is 0 Å². The zero-order chi connectivity index (χ0) is 30.0. The Bertz CT molecular complexity index is 1350. The van der Waals surface area contributed by atoms with Crippen molar-refractivity contribution in [2.45, 2.75) is 104 Å². The predicted molar refractivity (Wildman–Crippen MR) is 176 cm³/mol. The molecule has 4 aromatic rings. The van der Waals surface area contributed by atoms with E-state index in [4.69, 9.17) is 0 Å². The normalized spacial score (nSPS) is 11.2. The molecule has 0 saturated carbocycles. The molecular weight excluding hydrogens is 557 g/mol. The molecular formula is C37H46O3S2. The molecule has 0 radical (unpaired) electrons. The van der Waals surface area contributed by atoms with Gasteiger partial charge in [0, 0.05) is 0 Å². The summed E-state index contributed by atoms with van der Waals surface area (Å²) in [6.45, 7) is 4.36. The van der Waals surface area contributed by atoms with Crippen LogP contribution in [-0.2, 0) is 27.4 Å². The highest BCUT2D eigenvalue weighted by Crippen LogP contribution is 2.31. The second-order valence-electron chi connectivity index (χ2n) is 10.7. The number of benzene rings is 4. The summed E-state index contributed by atoms with van der Waals surface area (Å²) in [7, 11) is -4.37. The molecule has 224 valence electrons. The molecule has 0 aliphatic rings. The van der Waals surface area contributed by atoms with Crippen LogP contribution in [0, 0.1) is 6.92 Å². The summed E-state index contributed by atoms with van der Waals surface area (Å²) in [4.78, 5) is 4.05. The van der Waals surface area contributed by atoms with E-state index in [1.165, 1.54) is 77.7 Å². The summed E-state index contributed by atoms with van der Waals surface area (Å²) in [5.74, 6) is 0. The van der Waals surface area contributed by atoms with Crippen molar-refractivity contribution >= 4 is 21.0 Å². The first-order chi connectivity index (χ1) is 20.4. The lowest BCUT2D eigenvalue weighted by Gasteiger charge is -2.12. The van der Waals surface area contributed by atoms with E-state index < -0.39 is 10.1 Å². The molecule has 5 heteroatoms. The zero-order valence-corrected chi connectivity index (χ0v) is 26.8. The minimum atomic E-state index is -4.35. The first-order valence-electron chi connectivity index (χ1n) is 15.3. The van der Waals surface area contributed by atoms with Gasteiger partial charge in [-0.05, 0) is 67.8 Å². The smallest absolute Gasteiger partial charge is 0.166 e. The average Bonchev–Trinajstić information content (AvgIpc) is 3.00. The van der Waals surface area contributed by atoms with Crippen molar-refractivity contribution in [3.8, 4) is 0 Å². The fraction of sp³-hybridized carbons (Fsp3) is 0.351. The van der Waals surface area contributed by atoms with Crippen molar-refractivity contribution in [1.82, 2.24) is 0 Å². The second-order valence-corrected chi connectivity index (χ2v) is 14.1. The van der Waals surface area contributed by atoms with Gasteiger partial charge in [0.05, 0.1) is 15.8 Å². The molecule has 0 fully saturated rings. The predicted octanol–water partition coefficient (Wildman–Crippen LogP) is 10.1. The largest absolute Gasteiger partial charge is 0.744 e. The summed E-state index contributed by atoms with van der Waals surface area (Å²) in [5, 5.41) is 0. The molecule has 0 bridgehead atoms. The van der Waals surface area contributed by atoms with Crippen molar-refractivity contribution in [3.63, 3.8) is 0 Å². The molecule has 4 aromatic carbocycles. The molecule has 0 aliphatic carbocycles. The van der Waals surface area contributed by atoms with Crippen molar-refractivity contribution in [3.05, 3.63) is 120 Å². The molecule has 0 atom stereocenters. The summed E-state index contributed by atoms with van der Waals surface area (Å²) in [6, 6.07) is 36.9. The van der Waals surface area contributed by atoms with Crippen LogP contribution < -0.4 is 0 Å². The van der Waals surface area contributed by atoms with Gasteiger partial charge in [-0.3, -0.25) is 0 Å². The second kappa shape index (κ2) is 18.6. The van der Waals surface area contributed by atoms with Crippen molar-refractivity contribution < 1.29 is 13.0 Å². The van der Waals surface area contributed by atoms with E-state index in [0.29, 0.717) is 12.0 Å². The van der Waals surface area contributed by atoms with E-state index >= 15 is 0 Å². The average molecular weight is 603 g/mol. The van der Waals surface area contributed by atoms with Gasteiger partial charge in [-0.1, -0.05) is 137 Å². The monoisotopic (exact) mass is 602 g/mol. The van der Waals surface area contributed by atoms with Gasteiger partial charge in [0.1, 0.15) is 10.1 Å². The van der Waals surface area contributed by atoms with Crippen molar-refractivity contribution in [2.24, 2.45) is 0 Å². The molecule has 0 spiro atoms. The van der Waals surface area contributed by atoms with E-state index in [1.807, 2.05) is 0 Å². The topological polar surface area (TPSA) is 57.2 Å². The van der Waals surface area contributed by atoms with Gasteiger partial charge in [-0.25, -0.2) is 8.42 Å². The Morgan fingerprint density at radius 1 is 0.548 bits per heavy atom. The molecule has 0 amide bonds. The fourth-order valence-electron chi connectivity index (χ4n) is 4.95. The first kappa shape index (κ1) is 33.6. The Labute approximate surface area is 257 Å². The summed E-state index contributed by atoms with van der Waals surface area (Å²) >= 11 is 0. The van der Waals surface area contributed by atoms with Crippen LogP contribution in [0.3, 0.4) is 0 Å². The van der Waals surface area contributed by atoms with Crippen molar-refractivity contribution in [1.29, 1.82) is 0 Å². The number of hydrogen-bond donors (Lipinski definition) is 0. The maximum absolute atomic E-state index is 11.2. The quantitative estimate of drug-likeness (QED) is 0.0773. The Kier molecular flexibility index (Phi) is 14.9. The Morgan fingerprint density at radius 3 is 1.48 bits per heavy atom. The molecule has 42 heavy (non-hydrogen) atoms. The molecule has 0 saturated heterocycles. The van der Waals surface area contributed by atoms with Crippen molar-refractivity contribution in [2.75, 3.05) is 0 Å². The van der Waals surface area contributed by atoms with Crippen LogP contribution in [0.4, 0.5) is 0 Å². The van der Waals surface area contributed by atoms with Gasteiger partial charge >= 0.3 is 0 Å². The number of aryl methyl sites for hydroxylation is 2. The zero-order valence-electron chi connectivity index (χ0n) is 25.2. The highest BCUT2D eigenvalue weighted by molar-refractivity contribution is 7.97. The van der Waals surface area contributed by atoms with E-state index in [-0.39, 0.29) is 15.8 Å². The van der Waals surface area contributed by atoms with Crippen LogP contribution in [0.25, 0.3) is 0 Å². The Hall–Kier alpha value is -2.86. The highest BCUT2D eigenvalue weighted by Gasteiger charge is 2.27. The number of unbranched alkanes of at least 4 members (excludes halogenated alkanes) is 9. The third-order valence-corrected chi connectivity index (χ3v) is 10.4. The molecule has 0 unspecified atom stereocenters.